The van der Waals surface area contributed by atoms with Crippen LogP contribution in [-0.2, 0) is 4.79 Å². The second-order valence-electron chi connectivity index (χ2n) is 5.96. The quantitative estimate of drug-likeness (QED) is 0.755. The molecule has 0 bridgehead atoms. The van der Waals surface area contributed by atoms with E-state index in [1.54, 1.807) is 0 Å². The molecule has 0 spiro atoms. The Bertz CT molecular complexity index is 304. The van der Waals surface area contributed by atoms with Gasteiger partial charge in [0.1, 0.15) is 0 Å². The Labute approximate surface area is 116 Å². The van der Waals surface area contributed by atoms with Gasteiger partial charge in [0, 0.05) is 45.3 Å². The number of carbonyl (C=O) groups excluding carboxylic acids is 1. The van der Waals surface area contributed by atoms with Gasteiger partial charge in [-0.1, -0.05) is 0 Å². The summed E-state index contributed by atoms with van der Waals surface area (Å²) in [5, 5.41) is 3.34. The van der Waals surface area contributed by atoms with Gasteiger partial charge in [-0.15, -0.1) is 0 Å². The van der Waals surface area contributed by atoms with E-state index >= 15 is 0 Å². The molecule has 2 heterocycles. The molecule has 0 saturated carbocycles. The number of amides is 1. The van der Waals surface area contributed by atoms with Crippen molar-refractivity contribution in [2.45, 2.75) is 32.4 Å². The second-order valence-corrected chi connectivity index (χ2v) is 5.96. The van der Waals surface area contributed by atoms with Crippen LogP contribution in [0.4, 0.5) is 0 Å². The van der Waals surface area contributed by atoms with Crippen molar-refractivity contribution in [2.24, 2.45) is 0 Å². The van der Waals surface area contributed by atoms with Gasteiger partial charge in [-0.3, -0.25) is 9.69 Å². The van der Waals surface area contributed by atoms with E-state index in [0.29, 0.717) is 11.9 Å². The summed E-state index contributed by atoms with van der Waals surface area (Å²) in [4.78, 5) is 19.4. The number of hydrogen-bond donors (Lipinski definition) is 1. The highest BCUT2D eigenvalue weighted by atomic mass is 16.2. The fourth-order valence-corrected chi connectivity index (χ4v) is 3.17. The summed E-state index contributed by atoms with van der Waals surface area (Å²) in [7, 11) is 2.14. The van der Waals surface area contributed by atoms with Crippen molar-refractivity contribution in [1.29, 1.82) is 0 Å². The first-order chi connectivity index (χ1) is 9.09. The molecule has 0 radical (unpaired) electrons. The topological polar surface area (TPSA) is 38.8 Å². The van der Waals surface area contributed by atoms with Gasteiger partial charge in [0.2, 0.25) is 5.91 Å². The molecular formula is C14H28N4O. The Kier molecular flexibility index (Phi) is 5.19. The van der Waals surface area contributed by atoms with Crippen LogP contribution in [0.3, 0.4) is 0 Å². The molecule has 2 fully saturated rings. The Balaban J connectivity index is 1.96. The maximum absolute atomic E-state index is 12.7. The maximum Gasteiger partial charge on any atom is 0.239 e. The number of carbonyl (C=O) groups is 1. The van der Waals surface area contributed by atoms with Crippen molar-refractivity contribution in [3.8, 4) is 0 Å². The third-order valence-corrected chi connectivity index (χ3v) is 4.39. The molecule has 2 atom stereocenters. The van der Waals surface area contributed by atoms with E-state index in [0.717, 1.165) is 52.2 Å². The molecule has 0 aliphatic carbocycles. The average molecular weight is 268 g/mol. The van der Waals surface area contributed by atoms with Crippen LogP contribution in [0.2, 0.25) is 0 Å². The molecule has 5 nitrogen and oxygen atoms in total. The molecule has 110 valence electrons. The van der Waals surface area contributed by atoms with Crippen LogP contribution in [0.15, 0.2) is 0 Å². The summed E-state index contributed by atoms with van der Waals surface area (Å²) in [5.41, 5.74) is 0. The minimum Gasteiger partial charge on any atom is -0.337 e. The summed E-state index contributed by atoms with van der Waals surface area (Å²) in [5.74, 6) is 0.310. The lowest BCUT2D eigenvalue weighted by molar-refractivity contribution is -0.138. The van der Waals surface area contributed by atoms with Crippen molar-refractivity contribution < 1.29 is 4.79 Å². The van der Waals surface area contributed by atoms with E-state index in [9.17, 15) is 4.79 Å². The fraction of sp³-hybridized carbons (Fsp3) is 0.929. The summed E-state index contributed by atoms with van der Waals surface area (Å²) < 4.78 is 0. The highest BCUT2D eigenvalue weighted by Crippen LogP contribution is 2.13. The van der Waals surface area contributed by atoms with Crippen molar-refractivity contribution in [1.82, 2.24) is 20.0 Å². The number of likely N-dealkylation sites (N-methyl/N-ethyl adjacent to an activating group) is 1. The number of nitrogens with one attached hydrogen (secondary N) is 1. The molecule has 0 aromatic rings. The minimum absolute atomic E-state index is 0.0213. The van der Waals surface area contributed by atoms with E-state index < -0.39 is 0 Å². The number of nitrogens with zero attached hydrogens (tertiary/aromatic N) is 3. The highest BCUT2D eigenvalue weighted by Gasteiger charge is 2.30. The molecule has 0 aromatic heterocycles. The zero-order valence-electron chi connectivity index (χ0n) is 12.6. The number of hydrogen-bond acceptors (Lipinski definition) is 4. The molecule has 2 rings (SSSR count). The van der Waals surface area contributed by atoms with E-state index in [1.807, 2.05) is 0 Å². The van der Waals surface area contributed by atoms with Gasteiger partial charge >= 0.3 is 0 Å². The molecule has 1 amide bonds. The normalized spacial score (nSPS) is 29.0. The summed E-state index contributed by atoms with van der Waals surface area (Å²) in [6.45, 7) is 11.2. The Hall–Kier alpha value is -0.650. The monoisotopic (exact) mass is 268 g/mol. The van der Waals surface area contributed by atoms with Crippen LogP contribution < -0.4 is 5.32 Å². The van der Waals surface area contributed by atoms with E-state index in [2.05, 4.69) is 40.9 Å². The lowest BCUT2D eigenvalue weighted by atomic mass is 10.1. The molecular weight excluding hydrogens is 240 g/mol. The SMILES string of the molecule is CC(C(=O)N1CCCN(C)CC1C)N1CCNCC1. The third-order valence-electron chi connectivity index (χ3n) is 4.39. The molecule has 2 unspecified atom stereocenters. The molecule has 2 saturated heterocycles. The van der Waals surface area contributed by atoms with E-state index in [-0.39, 0.29) is 6.04 Å². The Morgan fingerprint density at radius 2 is 1.89 bits per heavy atom. The predicted octanol–water partition coefficient (Wildman–Crippen LogP) is -0.167. The van der Waals surface area contributed by atoms with E-state index in [1.165, 1.54) is 0 Å². The minimum atomic E-state index is 0.0213. The number of rotatable bonds is 2. The van der Waals surface area contributed by atoms with Gasteiger partial charge < -0.3 is 15.1 Å². The zero-order valence-corrected chi connectivity index (χ0v) is 12.6. The van der Waals surface area contributed by atoms with Crippen LogP contribution in [0.5, 0.6) is 0 Å². The van der Waals surface area contributed by atoms with Crippen molar-refractivity contribution in [3.05, 3.63) is 0 Å². The van der Waals surface area contributed by atoms with Gasteiger partial charge in [0.25, 0.3) is 0 Å². The van der Waals surface area contributed by atoms with Crippen LogP contribution in [-0.4, -0.2) is 85.6 Å². The molecule has 2 aliphatic rings. The summed E-state index contributed by atoms with van der Waals surface area (Å²) >= 11 is 0. The summed E-state index contributed by atoms with van der Waals surface area (Å²) in [6.07, 6.45) is 1.08. The van der Waals surface area contributed by atoms with Crippen molar-refractivity contribution >= 4 is 5.91 Å². The van der Waals surface area contributed by atoms with Crippen molar-refractivity contribution in [2.75, 3.05) is 52.9 Å². The lowest BCUT2D eigenvalue weighted by Crippen LogP contribution is -2.55. The molecule has 1 N–H and O–H groups in total. The third kappa shape index (κ3) is 3.68. The Morgan fingerprint density at radius 1 is 1.21 bits per heavy atom. The van der Waals surface area contributed by atoms with Gasteiger partial charge in [-0.25, -0.2) is 0 Å². The first-order valence-electron chi connectivity index (χ1n) is 7.53. The van der Waals surface area contributed by atoms with E-state index in [4.69, 9.17) is 0 Å². The predicted molar refractivity (Wildman–Crippen MR) is 77.2 cm³/mol. The molecule has 2 aliphatic heterocycles. The lowest BCUT2D eigenvalue weighted by Gasteiger charge is -2.37. The fourth-order valence-electron chi connectivity index (χ4n) is 3.17. The van der Waals surface area contributed by atoms with Crippen LogP contribution in [0.1, 0.15) is 20.3 Å². The van der Waals surface area contributed by atoms with Crippen LogP contribution in [0, 0.1) is 0 Å². The van der Waals surface area contributed by atoms with Crippen molar-refractivity contribution in [3.63, 3.8) is 0 Å². The first kappa shape index (κ1) is 14.8. The Morgan fingerprint density at radius 3 is 2.58 bits per heavy atom. The van der Waals surface area contributed by atoms with Gasteiger partial charge in [-0.2, -0.15) is 0 Å². The maximum atomic E-state index is 12.7. The zero-order chi connectivity index (χ0) is 13.8. The molecule has 5 heteroatoms. The van der Waals surface area contributed by atoms with Crippen LogP contribution >= 0.6 is 0 Å². The second kappa shape index (κ2) is 6.68. The standard InChI is InChI=1S/C14H28N4O/c1-12-11-16(3)7-4-8-18(12)14(19)13(2)17-9-5-15-6-10-17/h12-13,15H,4-11H2,1-3H3. The summed E-state index contributed by atoms with van der Waals surface area (Å²) in [6, 6.07) is 0.346. The van der Waals surface area contributed by atoms with Gasteiger partial charge in [-0.05, 0) is 33.9 Å². The highest BCUT2D eigenvalue weighted by molar-refractivity contribution is 5.81. The smallest absolute Gasteiger partial charge is 0.239 e. The number of piperazine rings is 1. The van der Waals surface area contributed by atoms with Crippen LogP contribution in [0.25, 0.3) is 0 Å². The first-order valence-corrected chi connectivity index (χ1v) is 7.53. The largest absolute Gasteiger partial charge is 0.337 e. The average Bonchev–Trinajstić information content (AvgIpc) is 2.58. The van der Waals surface area contributed by atoms with Gasteiger partial charge in [0.15, 0.2) is 0 Å². The molecule has 19 heavy (non-hydrogen) atoms. The van der Waals surface area contributed by atoms with Gasteiger partial charge in [0.05, 0.1) is 6.04 Å². The molecule has 0 aromatic carbocycles.